The number of nitrogens with zero attached hydrogens (tertiary/aromatic N) is 3. The van der Waals surface area contributed by atoms with E-state index in [-0.39, 0.29) is 5.91 Å². The maximum absolute atomic E-state index is 12.9. The van der Waals surface area contributed by atoms with Gasteiger partial charge in [-0.3, -0.25) is 4.79 Å². The van der Waals surface area contributed by atoms with Crippen LogP contribution in [-0.4, -0.2) is 33.4 Å². The number of para-hydroxylation sites is 3. The Hall–Kier alpha value is -3.60. The van der Waals surface area contributed by atoms with Gasteiger partial charge in [-0.15, -0.1) is 0 Å². The first-order chi connectivity index (χ1) is 16.2. The van der Waals surface area contributed by atoms with Crippen molar-refractivity contribution in [3.63, 3.8) is 0 Å². The molecule has 1 aromatic heterocycles. The molecule has 5 heteroatoms. The van der Waals surface area contributed by atoms with E-state index < -0.39 is 0 Å². The molecule has 33 heavy (non-hydrogen) atoms. The Morgan fingerprint density at radius 3 is 2.52 bits per heavy atom. The number of carbonyl (C=O) groups excluding carboxylic acids is 1. The van der Waals surface area contributed by atoms with Gasteiger partial charge in [0.25, 0.3) is 5.91 Å². The second-order valence-electron chi connectivity index (χ2n) is 8.83. The third kappa shape index (κ3) is 4.77. The fourth-order valence-corrected chi connectivity index (χ4v) is 4.64. The summed E-state index contributed by atoms with van der Waals surface area (Å²) in [6, 6.07) is 26.0. The summed E-state index contributed by atoms with van der Waals surface area (Å²) in [5, 5.41) is 0. The van der Waals surface area contributed by atoms with Gasteiger partial charge in [-0.2, -0.15) is 0 Å². The highest BCUT2D eigenvalue weighted by atomic mass is 16.5. The molecule has 168 valence electrons. The van der Waals surface area contributed by atoms with Crippen LogP contribution in [-0.2, 0) is 13.2 Å². The van der Waals surface area contributed by atoms with E-state index in [0.717, 1.165) is 66.2 Å². The molecule has 3 aromatic carbocycles. The highest BCUT2D eigenvalue weighted by Crippen LogP contribution is 2.25. The number of piperidine rings is 1. The lowest BCUT2D eigenvalue weighted by atomic mass is 9.96. The number of benzene rings is 3. The van der Waals surface area contributed by atoms with Crippen LogP contribution >= 0.6 is 0 Å². The number of aryl methyl sites for hydroxylation is 1. The van der Waals surface area contributed by atoms with Gasteiger partial charge in [-0.05, 0) is 62.1 Å². The smallest absolute Gasteiger partial charge is 0.253 e. The predicted molar refractivity (Wildman–Crippen MR) is 130 cm³/mol. The maximum atomic E-state index is 12.9. The minimum absolute atomic E-state index is 0.141. The number of likely N-dealkylation sites (tertiary alicyclic amines) is 1. The Balaban J connectivity index is 1.28. The molecule has 0 unspecified atom stereocenters. The van der Waals surface area contributed by atoms with Crippen LogP contribution in [0.1, 0.15) is 34.6 Å². The number of fused-ring (bicyclic) bond motifs is 1. The summed E-state index contributed by atoms with van der Waals surface area (Å²) in [5.41, 5.74) is 4.04. The number of aromatic nitrogens is 2. The fraction of sp³-hybridized carbons (Fsp3) is 0.286. The summed E-state index contributed by atoms with van der Waals surface area (Å²) in [6.45, 7) is 4.93. The number of carbonyl (C=O) groups is 1. The quantitative estimate of drug-likeness (QED) is 0.400. The third-order valence-corrected chi connectivity index (χ3v) is 6.45. The van der Waals surface area contributed by atoms with Gasteiger partial charge in [0, 0.05) is 25.2 Å². The lowest BCUT2D eigenvalue weighted by Gasteiger charge is -2.32. The van der Waals surface area contributed by atoms with Crippen LogP contribution in [0.15, 0.2) is 78.9 Å². The number of rotatable bonds is 6. The molecule has 0 spiro atoms. The van der Waals surface area contributed by atoms with Crippen LogP contribution in [0.2, 0.25) is 0 Å². The van der Waals surface area contributed by atoms with E-state index in [4.69, 9.17) is 9.72 Å². The van der Waals surface area contributed by atoms with Crippen molar-refractivity contribution < 1.29 is 9.53 Å². The molecule has 0 atom stereocenters. The highest BCUT2D eigenvalue weighted by Gasteiger charge is 2.25. The first-order valence-electron chi connectivity index (χ1n) is 11.7. The molecule has 0 radical (unpaired) electrons. The molecule has 1 saturated heterocycles. The summed E-state index contributed by atoms with van der Waals surface area (Å²) < 4.78 is 8.33. The van der Waals surface area contributed by atoms with Crippen LogP contribution in [0.4, 0.5) is 0 Å². The number of amides is 1. The number of hydrogen-bond acceptors (Lipinski definition) is 3. The minimum Gasteiger partial charge on any atom is -0.486 e. The zero-order valence-corrected chi connectivity index (χ0v) is 19.0. The van der Waals surface area contributed by atoms with Crippen molar-refractivity contribution in [3.8, 4) is 5.75 Å². The number of ether oxygens (including phenoxy) is 1. The minimum atomic E-state index is 0.141. The van der Waals surface area contributed by atoms with Gasteiger partial charge in [0.1, 0.15) is 18.2 Å². The first-order valence-corrected chi connectivity index (χ1v) is 11.7. The summed E-state index contributed by atoms with van der Waals surface area (Å²) in [5.74, 6) is 2.43. The zero-order chi connectivity index (χ0) is 22.6. The van der Waals surface area contributed by atoms with Crippen LogP contribution in [0.25, 0.3) is 11.0 Å². The van der Waals surface area contributed by atoms with E-state index in [1.807, 2.05) is 72.5 Å². The van der Waals surface area contributed by atoms with Crippen LogP contribution < -0.4 is 4.74 Å². The average molecular weight is 440 g/mol. The lowest BCUT2D eigenvalue weighted by molar-refractivity contribution is 0.0682. The Kier molecular flexibility index (Phi) is 6.11. The van der Waals surface area contributed by atoms with Gasteiger partial charge in [0.2, 0.25) is 0 Å². The van der Waals surface area contributed by atoms with E-state index in [1.54, 1.807) is 0 Å². The van der Waals surface area contributed by atoms with E-state index in [2.05, 4.69) is 22.8 Å². The van der Waals surface area contributed by atoms with Crippen LogP contribution in [0.3, 0.4) is 0 Å². The second kappa shape index (κ2) is 9.49. The van der Waals surface area contributed by atoms with E-state index in [1.165, 1.54) is 0 Å². The van der Waals surface area contributed by atoms with Gasteiger partial charge in [-0.1, -0.05) is 48.0 Å². The molecule has 0 aliphatic carbocycles. The van der Waals surface area contributed by atoms with Crippen molar-refractivity contribution in [1.29, 1.82) is 0 Å². The van der Waals surface area contributed by atoms with Gasteiger partial charge >= 0.3 is 0 Å². The van der Waals surface area contributed by atoms with E-state index >= 15 is 0 Å². The van der Waals surface area contributed by atoms with Gasteiger partial charge in [0.15, 0.2) is 0 Å². The molecule has 0 N–H and O–H groups in total. The van der Waals surface area contributed by atoms with Crippen LogP contribution in [0.5, 0.6) is 5.75 Å². The van der Waals surface area contributed by atoms with Crippen molar-refractivity contribution in [2.75, 3.05) is 13.1 Å². The molecule has 1 fully saturated rings. The van der Waals surface area contributed by atoms with Gasteiger partial charge in [0.05, 0.1) is 11.0 Å². The van der Waals surface area contributed by atoms with Crippen molar-refractivity contribution in [2.24, 2.45) is 5.92 Å². The summed E-state index contributed by atoms with van der Waals surface area (Å²) >= 11 is 0. The summed E-state index contributed by atoms with van der Waals surface area (Å²) in [7, 11) is 0. The van der Waals surface area contributed by atoms with Gasteiger partial charge < -0.3 is 14.2 Å². The Labute approximate surface area is 194 Å². The largest absolute Gasteiger partial charge is 0.486 e. The standard InChI is InChI=1S/C28H29N3O2/c1-21-8-7-9-23(18-21)28(32)30-16-14-22(15-17-30)19-31-26-13-6-5-12-25(26)29-27(31)20-33-24-10-3-2-4-11-24/h2-13,18,22H,14-17,19-20H2,1H3. The van der Waals surface area contributed by atoms with Crippen molar-refractivity contribution in [3.05, 3.63) is 95.8 Å². The molecule has 1 amide bonds. The molecular weight excluding hydrogens is 410 g/mol. The topological polar surface area (TPSA) is 47.4 Å². The van der Waals surface area contributed by atoms with Gasteiger partial charge in [-0.25, -0.2) is 4.98 Å². The summed E-state index contributed by atoms with van der Waals surface area (Å²) in [6.07, 6.45) is 1.98. The monoisotopic (exact) mass is 439 g/mol. The third-order valence-electron chi connectivity index (χ3n) is 6.45. The SMILES string of the molecule is Cc1cccc(C(=O)N2CCC(Cn3c(COc4ccccc4)nc4ccccc43)CC2)c1. The van der Waals surface area contributed by atoms with Crippen molar-refractivity contribution >= 4 is 16.9 Å². The maximum Gasteiger partial charge on any atom is 0.253 e. The molecule has 2 heterocycles. The van der Waals surface area contributed by atoms with E-state index in [0.29, 0.717) is 12.5 Å². The number of imidazole rings is 1. The lowest BCUT2D eigenvalue weighted by Crippen LogP contribution is -2.39. The Bertz CT molecular complexity index is 1240. The molecule has 0 saturated carbocycles. The number of hydrogen-bond donors (Lipinski definition) is 0. The predicted octanol–water partition coefficient (Wildman–Crippen LogP) is 5.48. The van der Waals surface area contributed by atoms with Crippen LogP contribution in [0, 0.1) is 12.8 Å². The molecule has 1 aliphatic heterocycles. The zero-order valence-electron chi connectivity index (χ0n) is 19.0. The Morgan fingerprint density at radius 2 is 1.73 bits per heavy atom. The molecule has 4 aromatic rings. The fourth-order valence-electron chi connectivity index (χ4n) is 4.64. The molecular formula is C28H29N3O2. The molecule has 0 bridgehead atoms. The average Bonchev–Trinajstić information content (AvgIpc) is 3.20. The molecule has 5 nitrogen and oxygen atoms in total. The molecule has 1 aliphatic rings. The van der Waals surface area contributed by atoms with Crippen molar-refractivity contribution in [1.82, 2.24) is 14.5 Å². The first kappa shape index (κ1) is 21.3. The normalized spacial score (nSPS) is 14.5. The van der Waals surface area contributed by atoms with Crippen molar-refractivity contribution in [2.45, 2.75) is 32.9 Å². The summed E-state index contributed by atoms with van der Waals surface area (Å²) in [4.78, 5) is 19.8. The second-order valence-corrected chi connectivity index (χ2v) is 8.83. The highest BCUT2D eigenvalue weighted by molar-refractivity contribution is 5.94. The Morgan fingerprint density at radius 1 is 0.970 bits per heavy atom. The van der Waals surface area contributed by atoms with E-state index in [9.17, 15) is 4.79 Å². The molecule has 5 rings (SSSR count).